The summed E-state index contributed by atoms with van der Waals surface area (Å²) in [5.41, 5.74) is 2.51. The first-order valence-corrected chi connectivity index (χ1v) is 7.71. The number of rotatable bonds is 3. The molecule has 126 valence electrons. The van der Waals surface area contributed by atoms with E-state index in [1.807, 2.05) is 24.3 Å². The molecular formula is C19H22N2O3. The zero-order valence-electron chi connectivity index (χ0n) is 14.3. The van der Waals surface area contributed by atoms with Gasteiger partial charge in [-0.05, 0) is 35.2 Å². The molecule has 0 aliphatic carbocycles. The Kier molecular flexibility index (Phi) is 5.24. The molecule has 5 nitrogen and oxygen atoms in total. The molecule has 0 spiro atoms. The van der Waals surface area contributed by atoms with E-state index in [9.17, 15) is 9.59 Å². The summed E-state index contributed by atoms with van der Waals surface area (Å²) < 4.78 is 4.99. The average Bonchev–Trinajstić information content (AvgIpc) is 2.46. The summed E-state index contributed by atoms with van der Waals surface area (Å²) in [6.07, 6.45) is 0. The molecule has 0 saturated heterocycles. The van der Waals surface area contributed by atoms with Gasteiger partial charge in [-0.15, -0.1) is 0 Å². The van der Waals surface area contributed by atoms with Crippen molar-refractivity contribution in [2.45, 2.75) is 33.1 Å². The van der Waals surface area contributed by atoms with Crippen LogP contribution in [0.15, 0.2) is 48.5 Å². The van der Waals surface area contributed by atoms with Crippen LogP contribution in [0.5, 0.6) is 5.75 Å². The molecule has 2 aromatic carbocycles. The summed E-state index contributed by atoms with van der Waals surface area (Å²) >= 11 is 0. The molecule has 0 aliphatic rings. The molecule has 0 radical (unpaired) electrons. The Morgan fingerprint density at radius 1 is 0.917 bits per heavy atom. The van der Waals surface area contributed by atoms with E-state index in [4.69, 9.17) is 4.74 Å². The van der Waals surface area contributed by atoms with Crippen LogP contribution < -0.4 is 15.4 Å². The van der Waals surface area contributed by atoms with Gasteiger partial charge in [-0.1, -0.05) is 39.0 Å². The first-order valence-electron chi connectivity index (χ1n) is 7.71. The van der Waals surface area contributed by atoms with E-state index >= 15 is 0 Å². The van der Waals surface area contributed by atoms with Gasteiger partial charge in [-0.25, -0.2) is 4.79 Å². The highest BCUT2D eigenvalue weighted by atomic mass is 16.5. The monoisotopic (exact) mass is 326 g/mol. The quantitative estimate of drug-likeness (QED) is 0.642. The molecule has 0 bridgehead atoms. The van der Waals surface area contributed by atoms with Crippen LogP contribution in [0.4, 0.5) is 16.2 Å². The molecule has 0 aromatic heterocycles. The van der Waals surface area contributed by atoms with E-state index in [0.29, 0.717) is 17.1 Å². The fourth-order valence-corrected chi connectivity index (χ4v) is 2.15. The number of amides is 2. The fourth-order valence-electron chi connectivity index (χ4n) is 2.15. The lowest BCUT2D eigenvalue weighted by atomic mass is 9.87. The molecule has 5 heteroatoms. The molecule has 0 heterocycles. The van der Waals surface area contributed by atoms with E-state index in [2.05, 4.69) is 31.4 Å². The molecule has 0 unspecified atom stereocenters. The lowest BCUT2D eigenvalue weighted by molar-refractivity contribution is -0.131. The number of hydrogen-bond acceptors (Lipinski definition) is 3. The minimum absolute atomic E-state index is 0.0674. The molecule has 2 rings (SSSR count). The molecule has 2 amide bonds. The van der Waals surface area contributed by atoms with Crippen LogP contribution >= 0.6 is 0 Å². The second kappa shape index (κ2) is 7.17. The Bertz CT molecular complexity index is 731. The lowest BCUT2D eigenvalue weighted by Crippen LogP contribution is -2.19. The molecule has 0 aliphatic heterocycles. The molecule has 2 aromatic rings. The zero-order chi connectivity index (χ0) is 17.7. The molecule has 2 N–H and O–H groups in total. The summed E-state index contributed by atoms with van der Waals surface area (Å²) in [6, 6.07) is 14.0. The topological polar surface area (TPSA) is 67.4 Å². The van der Waals surface area contributed by atoms with Gasteiger partial charge in [0.1, 0.15) is 5.75 Å². The normalized spacial score (nSPS) is 10.8. The third-order valence-electron chi connectivity index (χ3n) is 3.36. The summed E-state index contributed by atoms with van der Waals surface area (Å²) in [4.78, 5) is 23.0. The van der Waals surface area contributed by atoms with Crippen LogP contribution in [0.25, 0.3) is 0 Å². The first-order chi connectivity index (χ1) is 11.2. The Balaban J connectivity index is 1.99. The predicted molar refractivity (Wildman–Crippen MR) is 95.5 cm³/mol. The van der Waals surface area contributed by atoms with Gasteiger partial charge < -0.3 is 15.4 Å². The van der Waals surface area contributed by atoms with Crippen molar-refractivity contribution < 1.29 is 14.3 Å². The van der Waals surface area contributed by atoms with Crippen molar-refractivity contribution in [2.75, 3.05) is 10.6 Å². The summed E-state index contributed by atoms with van der Waals surface area (Å²) in [5, 5.41) is 5.48. The summed E-state index contributed by atoms with van der Waals surface area (Å²) in [6.45, 7) is 7.74. The molecule has 24 heavy (non-hydrogen) atoms. The van der Waals surface area contributed by atoms with Crippen molar-refractivity contribution in [3.8, 4) is 5.75 Å². The summed E-state index contributed by atoms with van der Waals surface area (Å²) in [5.74, 6) is -0.0228. The third kappa shape index (κ3) is 5.12. The number of esters is 1. The fraction of sp³-hybridized carbons (Fsp3) is 0.263. The maximum absolute atomic E-state index is 12.1. The van der Waals surface area contributed by atoms with Crippen LogP contribution in [0.1, 0.15) is 33.3 Å². The van der Waals surface area contributed by atoms with Gasteiger partial charge in [-0.3, -0.25) is 4.79 Å². The third-order valence-corrected chi connectivity index (χ3v) is 3.36. The van der Waals surface area contributed by atoms with Gasteiger partial charge in [0.15, 0.2) is 0 Å². The van der Waals surface area contributed by atoms with Crippen molar-refractivity contribution in [3.05, 3.63) is 54.1 Å². The maximum atomic E-state index is 12.1. The number of carbonyl (C=O) groups is 2. The average molecular weight is 326 g/mol. The number of carbonyl (C=O) groups excluding carboxylic acids is 2. The molecule has 0 saturated carbocycles. The number of anilines is 2. The van der Waals surface area contributed by atoms with Crippen molar-refractivity contribution in [2.24, 2.45) is 0 Å². The highest BCUT2D eigenvalue weighted by Crippen LogP contribution is 2.23. The number of hydrogen-bond donors (Lipinski definition) is 2. The van der Waals surface area contributed by atoms with Crippen LogP contribution in [0.2, 0.25) is 0 Å². The predicted octanol–water partition coefficient (Wildman–Crippen LogP) is 4.55. The second-order valence-electron chi connectivity index (χ2n) is 6.53. The van der Waals surface area contributed by atoms with E-state index in [-0.39, 0.29) is 11.4 Å². The van der Waals surface area contributed by atoms with Crippen molar-refractivity contribution in [1.82, 2.24) is 0 Å². The van der Waals surface area contributed by atoms with Gasteiger partial charge in [0.2, 0.25) is 0 Å². The smallest absolute Gasteiger partial charge is 0.323 e. The second-order valence-corrected chi connectivity index (χ2v) is 6.53. The van der Waals surface area contributed by atoms with E-state index in [1.54, 1.807) is 24.3 Å². The first kappa shape index (κ1) is 17.5. The minimum Gasteiger partial charge on any atom is -0.427 e. The molecule has 0 atom stereocenters. The Labute approximate surface area is 142 Å². The standard InChI is InChI=1S/C19H22N2O3/c1-13(22)24-17-7-5-6-16(12-17)21-18(23)20-15-10-8-14(9-11-15)19(2,3)4/h5-12H,1-4H3,(H2,20,21,23). The molecule has 0 fully saturated rings. The minimum atomic E-state index is -0.407. The Morgan fingerprint density at radius 2 is 1.54 bits per heavy atom. The van der Waals surface area contributed by atoms with Gasteiger partial charge >= 0.3 is 12.0 Å². The largest absolute Gasteiger partial charge is 0.427 e. The Hall–Kier alpha value is -2.82. The number of urea groups is 1. The Morgan fingerprint density at radius 3 is 2.12 bits per heavy atom. The van der Waals surface area contributed by atoms with Gasteiger partial charge in [-0.2, -0.15) is 0 Å². The number of nitrogens with one attached hydrogen (secondary N) is 2. The van der Waals surface area contributed by atoms with Crippen molar-refractivity contribution in [1.29, 1.82) is 0 Å². The highest BCUT2D eigenvalue weighted by molar-refractivity contribution is 5.99. The van der Waals surface area contributed by atoms with Crippen LogP contribution in [0.3, 0.4) is 0 Å². The SMILES string of the molecule is CC(=O)Oc1cccc(NC(=O)Nc2ccc(C(C)(C)C)cc2)c1. The van der Waals surface area contributed by atoms with Crippen molar-refractivity contribution in [3.63, 3.8) is 0 Å². The van der Waals surface area contributed by atoms with E-state index < -0.39 is 5.97 Å². The van der Waals surface area contributed by atoms with E-state index in [1.165, 1.54) is 12.5 Å². The molecular weight excluding hydrogens is 304 g/mol. The van der Waals surface area contributed by atoms with Gasteiger partial charge in [0, 0.05) is 24.4 Å². The highest BCUT2D eigenvalue weighted by Gasteiger charge is 2.13. The maximum Gasteiger partial charge on any atom is 0.323 e. The van der Waals surface area contributed by atoms with Crippen LogP contribution in [0, 0.1) is 0 Å². The number of benzene rings is 2. The van der Waals surface area contributed by atoms with E-state index in [0.717, 1.165) is 0 Å². The van der Waals surface area contributed by atoms with Crippen molar-refractivity contribution >= 4 is 23.4 Å². The summed E-state index contributed by atoms with van der Waals surface area (Å²) in [7, 11) is 0. The zero-order valence-corrected chi connectivity index (χ0v) is 14.3. The van der Waals surface area contributed by atoms with Gasteiger partial charge in [0.05, 0.1) is 0 Å². The van der Waals surface area contributed by atoms with Gasteiger partial charge in [0.25, 0.3) is 0 Å². The lowest BCUT2D eigenvalue weighted by Gasteiger charge is -2.19. The van der Waals surface area contributed by atoms with Crippen LogP contribution in [-0.2, 0) is 10.2 Å². The number of ether oxygens (including phenoxy) is 1. The van der Waals surface area contributed by atoms with Crippen LogP contribution in [-0.4, -0.2) is 12.0 Å².